The topological polar surface area (TPSA) is 101 Å². The van der Waals surface area contributed by atoms with Gasteiger partial charge in [0, 0.05) is 23.0 Å². The van der Waals surface area contributed by atoms with Crippen molar-refractivity contribution in [2.24, 2.45) is 0 Å². The minimum atomic E-state index is -0.567. The molecule has 29 heavy (non-hydrogen) atoms. The number of nitrogens with zero attached hydrogens (tertiary/aromatic N) is 3. The van der Waals surface area contributed by atoms with E-state index in [9.17, 15) is 14.4 Å². The number of esters is 1. The van der Waals surface area contributed by atoms with Gasteiger partial charge in [-0.3, -0.25) is 19.7 Å². The van der Waals surface area contributed by atoms with Crippen molar-refractivity contribution in [2.75, 3.05) is 18.5 Å². The minimum absolute atomic E-state index is 0.0178. The number of ether oxygens (including phenoxy) is 1. The molecule has 0 aliphatic carbocycles. The molecule has 2 aromatic rings. The molecule has 0 spiro atoms. The number of anilines is 1. The van der Waals surface area contributed by atoms with Crippen LogP contribution in [0.4, 0.5) is 5.13 Å². The predicted octanol–water partition coefficient (Wildman–Crippen LogP) is 3.24. The van der Waals surface area contributed by atoms with Gasteiger partial charge in [0.1, 0.15) is 11.0 Å². The number of hydrogen-bond acceptors (Lipinski definition) is 7. The molecule has 1 saturated heterocycles. The van der Waals surface area contributed by atoms with E-state index < -0.39 is 12.0 Å². The molecule has 0 bridgehead atoms. The Morgan fingerprint density at radius 2 is 2.14 bits per heavy atom. The summed E-state index contributed by atoms with van der Waals surface area (Å²) in [5.74, 6) is -0.915. The second-order valence-electron chi connectivity index (χ2n) is 6.46. The van der Waals surface area contributed by atoms with E-state index in [4.69, 9.17) is 4.74 Å². The highest BCUT2D eigenvalue weighted by molar-refractivity contribution is 9.10. The van der Waals surface area contributed by atoms with Crippen LogP contribution in [-0.4, -0.2) is 52.1 Å². The lowest BCUT2D eigenvalue weighted by Gasteiger charge is -2.23. The summed E-state index contributed by atoms with van der Waals surface area (Å²) in [5, 5.41) is 12.0. The Bertz CT molecular complexity index is 904. The van der Waals surface area contributed by atoms with E-state index in [1.54, 1.807) is 6.92 Å². The monoisotopic (exact) mass is 480 g/mol. The van der Waals surface area contributed by atoms with E-state index in [-0.39, 0.29) is 31.3 Å². The number of aromatic nitrogens is 2. The third-order valence-electron chi connectivity index (χ3n) is 4.45. The zero-order chi connectivity index (χ0) is 20.8. The van der Waals surface area contributed by atoms with Gasteiger partial charge in [0.2, 0.25) is 16.9 Å². The first-order valence-corrected chi connectivity index (χ1v) is 10.9. The zero-order valence-corrected chi connectivity index (χ0v) is 18.3. The van der Waals surface area contributed by atoms with Crippen molar-refractivity contribution in [3.8, 4) is 10.6 Å². The molecular weight excluding hydrogens is 460 g/mol. The summed E-state index contributed by atoms with van der Waals surface area (Å²) in [6, 6.07) is 7.09. The molecule has 0 saturated carbocycles. The molecule has 0 radical (unpaired) electrons. The second-order valence-corrected chi connectivity index (χ2v) is 8.36. The van der Waals surface area contributed by atoms with Crippen molar-refractivity contribution in [3.63, 3.8) is 0 Å². The van der Waals surface area contributed by atoms with Gasteiger partial charge in [0.15, 0.2) is 0 Å². The highest BCUT2D eigenvalue weighted by Crippen LogP contribution is 2.29. The Balaban J connectivity index is 1.60. The Morgan fingerprint density at radius 1 is 1.31 bits per heavy atom. The molecule has 1 aromatic heterocycles. The molecule has 1 aromatic carbocycles. The Morgan fingerprint density at radius 3 is 2.90 bits per heavy atom. The van der Waals surface area contributed by atoms with Gasteiger partial charge in [-0.2, -0.15) is 0 Å². The molecule has 1 atom stereocenters. The Labute approximate surface area is 180 Å². The summed E-state index contributed by atoms with van der Waals surface area (Å²) in [7, 11) is 0. The van der Waals surface area contributed by atoms with E-state index in [2.05, 4.69) is 31.4 Å². The quantitative estimate of drug-likeness (QED) is 0.610. The van der Waals surface area contributed by atoms with E-state index in [0.717, 1.165) is 16.5 Å². The van der Waals surface area contributed by atoms with E-state index in [0.29, 0.717) is 23.1 Å². The van der Waals surface area contributed by atoms with Gasteiger partial charge in [-0.05, 0) is 31.9 Å². The maximum atomic E-state index is 12.7. The lowest BCUT2D eigenvalue weighted by Crippen LogP contribution is -2.43. The highest BCUT2D eigenvalue weighted by Gasteiger charge is 2.34. The Hall–Kier alpha value is -2.33. The first kappa shape index (κ1) is 21.4. The van der Waals surface area contributed by atoms with Crippen molar-refractivity contribution in [1.82, 2.24) is 15.1 Å². The average molecular weight is 481 g/mol. The molecular formula is C19H21BrN4O4S. The van der Waals surface area contributed by atoms with Crippen molar-refractivity contribution in [2.45, 2.75) is 38.6 Å². The van der Waals surface area contributed by atoms with Crippen LogP contribution in [0.2, 0.25) is 0 Å². The summed E-state index contributed by atoms with van der Waals surface area (Å²) in [6.45, 7) is 2.50. The van der Waals surface area contributed by atoms with Gasteiger partial charge in [0.25, 0.3) is 0 Å². The molecule has 10 heteroatoms. The van der Waals surface area contributed by atoms with Gasteiger partial charge >= 0.3 is 5.97 Å². The molecule has 2 amide bonds. The first-order chi connectivity index (χ1) is 14.0. The number of amides is 2. The standard InChI is InChI=1S/C19H21BrN4O4S/c1-2-28-16(26)9-8-15(25)24-10-4-7-14(24)17(27)21-19-23-22-18(29-19)12-5-3-6-13(20)11-12/h3,5-6,11,14H,2,4,7-10H2,1H3,(H,21,23,27). The fraction of sp³-hybridized carbons (Fsp3) is 0.421. The lowest BCUT2D eigenvalue weighted by molar-refractivity contribution is -0.146. The van der Waals surface area contributed by atoms with Gasteiger partial charge in [-0.1, -0.05) is 39.4 Å². The van der Waals surface area contributed by atoms with Crippen molar-refractivity contribution in [1.29, 1.82) is 0 Å². The molecule has 1 unspecified atom stereocenters. The van der Waals surface area contributed by atoms with Crippen LogP contribution < -0.4 is 5.32 Å². The van der Waals surface area contributed by atoms with Crippen LogP contribution in [0.25, 0.3) is 10.6 Å². The lowest BCUT2D eigenvalue weighted by atomic mass is 10.2. The number of hydrogen-bond donors (Lipinski definition) is 1. The number of nitrogens with one attached hydrogen (secondary N) is 1. The fourth-order valence-electron chi connectivity index (χ4n) is 3.12. The molecule has 154 valence electrons. The number of benzene rings is 1. The third kappa shape index (κ3) is 5.60. The predicted molar refractivity (Wildman–Crippen MR) is 112 cm³/mol. The number of carbonyl (C=O) groups is 3. The fourth-order valence-corrected chi connectivity index (χ4v) is 4.27. The molecule has 1 fully saturated rings. The van der Waals surface area contributed by atoms with E-state index in [1.807, 2.05) is 24.3 Å². The van der Waals surface area contributed by atoms with E-state index >= 15 is 0 Å². The van der Waals surface area contributed by atoms with Crippen molar-refractivity contribution in [3.05, 3.63) is 28.7 Å². The van der Waals surface area contributed by atoms with Crippen LogP contribution in [0, 0.1) is 0 Å². The number of rotatable bonds is 7. The number of carbonyl (C=O) groups excluding carboxylic acids is 3. The second kappa shape index (κ2) is 9.93. The smallest absolute Gasteiger partial charge is 0.306 e. The van der Waals surface area contributed by atoms with Crippen molar-refractivity contribution >= 4 is 50.2 Å². The summed E-state index contributed by atoms with van der Waals surface area (Å²) < 4.78 is 5.78. The van der Waals surface area contributed by atoms with Crippen LogP contribution in [0.5, 0.6) is 0 Å². The van der Waals surface area contributed by atoms with Crippen LogP contribution >= 0.6 is 27.3 Å². The number of halogens is 1. The molecule has 1 aliphatic heterocycles. The van der Waals surface area contributed by atoms with Crippen molar-refractivity contribution < 1.29 is 19.1 Å². The maximum absolute atomic E-state index is 12.7. The average Bonchev–Trinajstić information content (AvgIpc) is 3.36. The van der Waals surface area contributed by atoms with Crippen LogP contribution in [-0.2, 0) is 19.1 Å². The van der Waals surface area contributed by atoms with Crippen LogP contribution in [0.15, 0.2) is 28.7 Å². The van der Waals surface area contributed by atoms with Gasteiger partial charge in [0.05, 0.1) is 13.0 Å². The summed E-state index contributed by atoms with van der Waals surface area (Å²) in [4.78, 5) is 38.2. The van der Waals surface area contributed by atoms with Gasteiger partial charge in [-0.25, -0.2) is 0 Å². The molecule has 2 heterocycles. The molecule has 3 rings (SSSR count). The maximum Gasteiger partial charge on any atom is 0.306 e. The van der Waals surface area contributed by atoms with Crippen LogP contribution in [0.3, 0.4) is 0 Å². The SMILES string of the molecule is CCOC(=O)CCC(=O)N1CCCC1C(=O)Nc1nnc(-c2cccc(Br)c2)s1. The summed E-state index contributed by atoms with van der Waals surface area (Å²) >= 11 is 4.69. The third-order valence-corrected chi connectivity index (χ3v) is 5.83. The van der Waals surface area contributed by atoms with Gasteiger partial charge in [-0.15, -0.1) is 10.2 Å². The summed E-state index contributed by atoms with van der Waals surface area (Å²) in [5.41, 5.74) is 0.897. The Kier molecular flexibility index (Phi) is 7.32. The normalized spacial score (nSPS) is 15.9. The molecule has 1 N–H and O–H groups in total. The van der Waals surface area contributed by atoms with E-state index in [1.165, 1.54) is 16.2 Å². The van der Waals surface area contributed by atoms with Gasteiger partial charge < -0.3 is 9.64 Å². The minimum Gasteiger partial charge on any atom is -0.466 e. The largest absolute Gasteiger partial charge is 0.466 e. The highest BCUT2D eigenvalue weighted by atomic mass is 79.9. The van der Waals surface area contributed by atoms with Crippen LogP contribution in [0.1, 0.15) is 32.6 Å². The number of likely N-dealkylation sites (tertiary alicyclic amines) is 1. The first-order valence-electron chi connectivity index (χ1n) is 9.33. The molecule has 8 nitrogen and oxygen atoms in total. The zero-order valence-electron chi connectivity index (χ0n) is 15.9. The summed E-state index contributed by atoms with van der Waals surface area (Å²) in [6.07, 6.45) is 1.37. The molecule has 1 aliphatic rings.